The van der Waals surface area contributed by atoms with Crippen LogP contribution >= 0.6 is 46.4 Å². The molecule has 4 aromatic carbocycles. The molecule has 4 N–H and O–H groups in total. The van der Waals surface area contributed by atoms with E-state index in [0.29, 0.717) is 32.3 Å². The molecule has 0 atom stereocenters. The molecule has 0 unspecified atom stereocenters. The molecule has 234 valence electrons. The average molecular weight is 696 g/mol. The van der Waals surface area contributed by atoms with Crippen LogP contribution in [0.4, 0.5) is 0 Å². The Morgan fingerprint density at radius 1 is 0.522 bits per heavy atom. The Bertz CT molecular complexity index is 1680. The largest absolute Gasteiger partial charge is 0.349 e. The molecule has 0 saturated heterocycles. The van der Waals surface area contributed by atoms with Crippen molar-refractivity contribution in [2.45, 2.75) is 0 Å². The van der Waals surface area contributed by atoms with Gasteiger partial charge in [0.05, 0.1) is 0 Å². The summed E-state index contributed by atoms with van der Waals surface area (Å²) in [5.74, 6) is -2.29. The minimum atomic E-state index is -0.634. The average Bonchev–Trinajstić information content (AvgIpc) is 3.05. The summed E-state index contributed by atoms with van der Waals surface area (Å²) in [4.78, 5) is 52.2. The second-order valence-corrected chi connectivity index (χ2v) is 11.3. The molecule has 0 saturated carbocycles. The van der Waals surface area contributed by atoms with Crippen molar-refractivity contribution in [3.05, 3.63) is 151 Å². The van der Waals surface area contributed by atoms with Crippen molar-refractivity contribution in [2.24, 2.45) is 0 Å². The Balaban J connectivity index is 1.46. The van der Waals surface area contributed by atoms with E-state index in [1.807, 2.05) is 0 Å². The van der Waals surface area contributed by atoms with E-state index in [1.165, 1.54) is 24.3 Å². The first kappa shape index (κ1) is 34.3. The maximum absolute atomic E-state index is 13.2. The zero-order chi connectivity index (χ0) is 33.1. The number of rotatable bonds is 11. The zero-order valence-electron chi connectivity index (χ0n) is 24.0. The third-order valence-electron chi connectivity index (χ3n) is 6.28. The highest BCUT2D eigenvalue weighted by Gasteiger charge is 2.17. The molecular formula is C34H26Cl4N4O4. The summed E-state index contributed by atoms with van der Waals surface area (Å²) >= 11 is 24.6. The number of nitrogens with one attached hydrogen (secondary N) is 4. The zero-order valence-corrected chi connectivity index (χ0v) is 27.0. The van der Waals surface area contributed by atoms with Gasteiger partial charge >= 0.3 is 0 Å². The predicted octanol–water partition coefficient (Wildman–Crippen LogP) is 6.77. The fourth-order valence-electron chi connectivity index (χ4n) is 3.98. The van der Waals surface area contributed by atoms with Crippen molar-refractivity contribution in [1.29, 1.82) is 0 Å². The second-order valence-electron chi connectivity index (χ2n) is 9.60. The maximum atomic E-state index is 13.2. The Morgan fingerprint density at radius 2 is 0.891 bits per heavy atom. The first-order valence-electron chi connectivity index (χ1n) is 13.7. The van der Waals surface area contributed by atoms with Crippen molar-refractivity contribution in [2.75, 3.05) is 13.1 Å². The Kier molecular flexibility index (Phi) is 12.4. The van der Waals surface area contributed by atoms with E-state index in [4.69, 9.17) is 46.4 Å². The molecule has 4 rings (SSSR count). The van der Waals surface area contributed by atoms with Gasteiger partial charge in [0, 0.05) is 44.3 Å². The van der Waals surface area contributed by atoms with Gasteiger partial charge in [-0.1, -0.05) is 94.9 Å². The summed E-state index contributed by atoms with van der Waals surface area (Å²) < 4.78 is 0. The van der Waals surface area contributed by atoms with Crippen molar-refractivity contribution < 1.29 is 19.2 Å². The van der Waals surface area contributed by atoms with Gasteiger partial charge in [-0.2, -0.15) is 0 Å². The summed E-state index contributed by atoms with van der Waals surface area (Å²) in [6, 6.07) is 26.2. The molecule has 0 fully saturated rings. The maximum Gasteiger partial charge on any atom is 0.267 e. The monoisotopic (exact) mass is 694 g/mol. The van der Waals surface area contributed by atoms with Gasteiger partial charge < -0.3 is 21.3 Å². The quantitative estimate of drug-likeness (QED) is 0.102. The van der Waals surface area contributed by atoms with Gasteiger partial charge in [0.2, 0.25) is 0 Å². The highest BCUT2D eigenvalue weighted by molar-refractivity contribution is 6.36. The molecule has 46 heavy (non-hydrogen) atoms. The van der Waals surface area contributed by atoms with Gasteiger partial charge in [0.1, 0.15) is 11.4 Å². The van der Waals surface area contributed by atoms with Gasteiger partial charge in [-0.15, -0.1) is 0 Å². The molecule has 0 radical (unpaired) electrons. The van der Waals surface area contributed by atoms with E-state index in [0.717, 1.165) is 0 Å². The van der Waals surface area contributed by atoms with Crippen LogP contribution in [0, 0.1) is 0 Å². The standard InChI is InChI=1S/C34H26Cl4N4O4/c35-25-13-11-23(27(37)19-25)17-29(41-31(43)21-7-3-1-4-8-21)33(45)39-15-16-40-34(46)30(18-24-12-14-26(36)20-28(24)38)42-32(44)22-9-5-2-6-10-22/h1-14,17-20H,15-16H2,(H,39,45)(H,40,46)(H,41,43)(H,42,44)/b29-17+,30-18+. The summed E-state index contributed by atoms with van der Waals surface area (Å²) in [7, 11) is 0. The lowest BCUT2D eigenvalue weighted by Crippen LogP contribution is -2.41. The molecule has 4 amide bonds. The number of carbonyl (C=O) groups excluding carboxylic acids is 4. The lowest BCUT2D eigenvalue weighted by Gasteiger charge is -2.14. The lowest BCUT2D eigenvalue weighted by molar-refractivity contribution is -0.119. The van der Waals surface area contributed by atoms with Gasteiger partial charge in [-0.25, -0.2) is 0 Å². The van der Waals surface area contributed by atoms with Crippen LogP contribution in [-0.4, -0.2) is 36.7 Å². The number of benzene rings is 4. The van der Waals surface area contributed by atoms with E-state index < -0.39 is 23.6 Å². The van der Waals surface area contributed by atoms with Crippen LogP contribution in [0.3, 0.4) is 0 Å². The van der Waals surface area contributed by atoms with Gasteiger partial charge in [-0.3, -0.25) is 19.2 Å². The van der Waals surface area contributed by atoms with Crippen LogP contribution in [-0.2, 0) is 9.59 Å². The van der Waals surface area contributed by atoms with Crippen LogP contribution in [0.5, 0.6) is 0 Å². The minimum Gasteiger partial charge on any atom is -0.349 e. The first-order valence-corrected chi connectivity index (χ1v) is 15.2. The van der Waals surface area contributed by atoms with Crippen molar-refractivity contribution in [3.63, 3.8) is 0 Å². The summed E-state index contributed by atoms with van der Waals surface area (Å²) in [5.41, 5.74) is 1.40. The van der Waals surface area contributed by atoms with E-state index in [1.54, 1.807) is 84.9 Å². The highest BCUT2D eigenvalue weighted by Crippen LogP contribution is 2.24. The topological polar surface area (TPSA) is 116 Å². The Hall–Kier alpha value is -4.60. The summed E-state index contributed by atoms with van der Waals surface area (Å²) in [6.45, 7) is -0.0574. The predicted molar refractivity (Wildman–Crippen MR) is 183 cm³/mol. The second kappa shape index (κ2) is 16.6. The van der Waals surface area contributed by atoms with Crippen LogP contribution in [0.25, 0.3) is 12.2 Å². The van der Waals surface area contributed by atoms with Crippen LogP contribution in [0.1, 0.15) is 31.8 Å². The third-order valence-corrected chi connectivity index (χ3v) is 7.40. The van der Waals surface area contributed by atoms with Gasteiger partial charge in [0.25, 0.3) is 23.6 Å². The van der Waals surface area contributed by atoms with Crippen LogP contribution < -0.4 is 21.3 Å². The normalized spacial score (nSPS) is 11.4. The number of hydrogen-bond donors (Lipinski definition) is 4. The first-order chi connectivity index (χ1) is 22.1. The molecule has 0 aromatic heterocycles. The highest BCUT2D eigenvalue weighted by atomic mass is 35.5. The van der Waals surface area contributed by atoms with Crippen molar-refractivity contribution >= 4 is 82.2 Å². The fourth-order valence-corrected chi connectivity index (χ4v) is 4.90. The van der Waals surface area contributed by atoms with Gasteiger partial charge in [-0.05, 0) is 71.8 Å². The number of carbonyl (C=O) groups is 4. The minimum absolute atomic E-state index is 0.0287. The molecule has 0 heterocycles. The molecule has 0 aliphatic heterocycles. The van der Waals surface area contributed by atoms with Crippen molar-refractivity contribution in [3.8, 4) is 0 Å². The van der Waals surface area contributed by atoms with E-state index in [-0.39, 0.29) is 34.5 Å². The molecule has 12 heteroatoms. The lowest BCUT2D eigenvalue weighted by atomic mass is 10.1. The molecule has 0 bridgehead atoms. The molecule has 0 spiro atoms. The van der Waals surface area contributed by atoms with Gasteiger partial charge in [0.15, 0.2) is 0 Å². The third kappa shape index (κ3) is 9.95. The number of hydrogen-bond acceptors (Lipinski definition) is 4. The van der Waals surface area contributed by atoms with Crippen molar-refractivity contribution in [1.82, 2.24) is 21.3 Å². The Labute approximate surface area is 285 Å². The van der Waals surface area contributed by atoms with Crippen LogP contribution in [0.2, 0.25) is 20.1 Å². The molecule has 0 aliphatic carbocycles. The summed E-state index contributed by atoms with van der Waals surface area (Å²) in [5, 5.41) is 11.9. The molecular weight excluding hydrogens is 670 g/mol. The summed E-state index contributed by atoms with van der Waals surface area (Å²) in [6.07, 6.45) is 2.84. The van der Waals surface area contributed by atoms with Crippen LogP contribution in [0.15, 0.2) is 108 Å². The smallest absolute Gasteiger partial charge is 0.267 e. The van der Waals surface area contributed by atoms with E-state index >= 15 is 0 Å². The molecule has 4 aromatic rings. The Morgan fingerprint density at radius 3 is 1.24 bits per heavy atom. The van der Waals surface area contributed by atoms with E-state index in [9.17, 15) is 19.2 Å². The van der Waals surface area contributed by atoms with E-state index in [2.05, 4.69) is 21.3 Å². The fraction of sp³-hybridized carbons (Fsp3) is 0.0588. The number of amides is 4. The number of halogens is 4. The SMILES string of the molecule is O=C(NCCNC(=O)/C(=C\c1ccc(Cl)cc1Cl)NC(=O)c1ccccc1)/C(=C\c1ccc(Cl)cc1Cl)NC(=O)c1ccccc1. The molecule has 0 aliphatic rings. The molecule has 8 nitrogen and oxygen atoms in total.